The second kappa shape index (κ2) is 10.6. The molecule has 7 nitrogen and oxygen atoms in total. The van der Waals surface area contributed by atoms with Crippen molar-refractivity contribution in [2.45, 2.75) is 38.8 Å². The Kier molecular flexibility index (Phi) is 7.81. The van der Waals surface area contributed by atoms with E-state index >= 15 is 0 Å². The molecule has 0 aliphatic heterocycles. The fourth-order valence-electron chi connectivity index (χ4n) is 3.39. The lowest BCUT2D eigenvalue weighted by Crippen LogP contribution is -2.43. The molecule has 0 radical (unpaired) electrons. The van der Waals surface area contributed by atoms with Crippen LogP contribution in [0.15, 0.2) is 48.5 Å². The molecule has 8 heteroatoms. The minimum absolute atomic E-state index is 0.284. The first-order valence-corrected chi connectivity index (χ1v) is 11.5. The summed E-state index contributed by atoms with van der Waals surface area (Å²) in [5.74, 6) is 0.268. The van der Waals surface area contributed by atoms with E-state index < -0.39 is 17.7 Å². The fourth-order valence-corrected chi connectivity index (χ4v) is 4.47. The highest BCUT2D eigenvalue weighted by Crippen LogP contribution is 2.38. The first-order valence-electron chi connectivity index (χ1n) is 10.7. The number of thiophene rings is 1. The molecule has 3 aromatic rings. The standard InChI is InChI=1S/C25H30N2O5S/c1-25(2,3)32-24(29)27-17(13-16-9-7-6-8-10-16)15-26-21-19-14-18(30-4)11-12-20(19)33-22(21)23(28)31-5/h6-12,14,17,26H,13,15H2,1-5H3,(H,27,29)/t17-/m0/s1. The van der Waals surface area contributed by atoms with Crippen molar-refractivity contribution in [3.63, 3.8) is 0 Å². The van der Waals surface area contributed by atoms with Crippen LogP contribution < -0.4 is 15.4 Å². The van der Waals surface area contributed by atoms with Crippen molar-refractivity contribution in [1.29, 1.82) is 0 Å². The number of methoxy groups -OCH3 is 2. The van der Waals surface area contributed by atoms with Gasteiger partial charge in [-0.3, -0.25) is 0 Å². The number of amides is 1. The molecule has 1 aromatic heterocycles. The van der Waals surface area contributed by atoms with E-state index in [4.69, 9.17) is 14.2 Å². The Labute approximate surface area is 198 Å². The Morgan fingerprint density at radius 1 is 1.06 bits per heavy atom. The van der Waals surface area contributed by atoms with Crippen LogP contribution >= 0.6 is 11.3 Å². The van der Waals surface area contributed by atoms with E-state index in [2.05, 4.69) is 10.6 Å². The summed E-state index contributed by atoms with van der Waals surface area (Å²) in [6.45, 7) is 5.85. The van der Waals surface area contributed by atoms with E-state index in [9.17, 15) is 9.59 Å². The number of alkyl carbamates (subject to hydrolysis) is 1. The summed E-state index contributed by atoms with van der Waals surface area (Å²) in [7, 11) is 2.96. The van der Waals surface area contributed by atoms with E-state index in [0.717, 1.165) is 15.6 Å². The maximum Gasteiger partial charge on any atom is 0.407 e. The predicted octanol–water partition coefficient (Wildman–Crippen LogP) is 5.24. The molecule has 176 valence electrons. The van der Waals surface area contributed by atoms with Gasteiger partial charge in [-0.15, -0.1) is 11.3 Å². The molecule has 0 saturated carbocycles. The van der Waals surface area contributed by atoms with Crippen molar-refractivity contribution < 1.29 is 23.8 Å². The van der Waals surface area contributed by atoms with Crippen LogP contribution in [0.2, 0.25) is 0 Å². The summed E-state index contributed by atoms with van der Waals surface area (Å²) in [5, 5.41) is 7.19. The first-order chi connectivity index (χ1) is 15.7. The van der Waals surface area contributed by atoms with E-state index in [1.807, 2.05) is 69.3 Å². The van der Waals surface area contributed by atoms with Crippen molar-refractivity contribution in [2.24, 2.45) is 0 Å². The summed E-state index contributed by atoms with van der Waals surface area (Å²) >= 11 is 1.35. The van der Waals surface area contributed by atoms with Gasteiger partial charge >= 0.3 is 12.1 Å². The van der Waals surface area contributed by atoms with Gasteiger partial charge in [0.25, 0.3) is 0 Å². The van der Waals surface area contributed by atoms with Crippen LogP contribution in [0.3, 0.4) is 0 Å². The predicted molar refractivity (Wildman–Crippen MR) is 132 cm³/mol. The molecule has 0 fully saturated rings. The monoisotopic (exact) mass is 470 g/mol. The number of fused-ring (bicyclic) bond motifs is 1. The van der Waals surface area contributed by atoms with Crippen LogP contribution in [0.25, 0.3) is 10.1 Å². The van der Waals surface area contributed by atoms with Crippen LogP contribution in [-0.4, -0.2) is 44.5 Å². The Bertz CT molecular complexity index is 1110. The molecule has 0 bridgehead atoms. The topological polar surface area (TPSA) is 85.9 Å². The molecule has 0 unspecified atom stereocenters. The number of carbonyl (C=O) groups is 2. The average Bonchev–Trinajstić information content (AvgIpc) is 3.14. The van der Waals surface area contributed by atoms with Gasteiger partial charge in [-0.2, -0.15) is 0 Å². The largest absolute Gasteiger partial charge is 0.497 e. The maximum absolute atomic E-state index is 12.5. The number of carbonyl (C=O) groups excluding carboxylic acids is 2. The van der Waals surface area contributed by atoms with Gasteiger partial charge in [0, 0.05) is 16.6 Å². The van der Waals surface area contributed by atoms with E-state index in [1.165, 1.54) is 18.4 Å². The molecular weight excluding hydrogens is 440 g/mol. The molecule has 3 rings (SSSR count). The lowest BCUT2D eigenvalue weighted by Gasteiger charge is -2.24. The number of benzene rings is 2. The summed E-state index contributed by atoms with van der Waals surface area (Å²) in [4.78, 5) is 25.4. The number of esters is 1. The van der Waals surface area contributed by atoms with Gasteiger partial charge < -0.3 is 24.8 Å². The minimum atomic E-state index is -0.604. The Morgan fingerprint density at radius 2 is 1.79 bits per heavy atom. The quantitative estimate of drug-likeness (QED) is 0.438. The van der Waals surface area contributed by atoms with Crippen LogP contribution in [0.5, 0.6) is 5.75 Å². The lowest BCUT2D eigenvalue weighted by atomic mass is 10.1. The summed E-state index contributed by atoms with van der Waals surface area (Å²) in [6.07, 6.45) is 0.0988. The van der Waals surface area contributed by atoms with Crippen LogP contribution in [-0.2, 0) is 15.9 Å². The Morgan fingerprint density at radius 3 is 2.42 bits per heavy atom. The van der Waals surface area contributed by atoms with Crippen LogP contribution in [0, 0.1) is 0 Å². The number of hydrogen-bond acceptors (Lipinski definition) is 7. The number of ether oxygens (including phenoxy) is 3. The number of rotatable bonds is 8. The molecule has 1 atom stereocenters. The van der Waals surface area contributed by atoms with Gasteiger partial charge in [0.1, 0.15) is 16.2 Å². The van der Waals surface area contributed by atoms with E-state index in [-0.39, 0.29) is 6.04 Å². The highest BCUT2D eigenvalue weighted by molar-refractivity contribution is 7.21. The summed E-state index contributed by atoms with van der Waals surface area (Å²) in [6, 6.07) is 15.3. The van der Waals surface area contributed by atoms with Crippen molar-refractivity contribution in [3.05, 3.63) is 59.0 Å². The Hall–Kier alpha value is -3.26. The van der Waals surface area contributed by atoms with Crippen LogP contribution in [0.1, 0.15) is 36.0 Å². The van der Waals surface area contributed by atoms with Gasteiger partial charge in [0.15, 0.2) is 0 Å². The Balaban J connectivity index is 1.88. The summed E-state index contributed by atoms with van der Waals surface area (Å²) in [5.41, 5.74) is 1.13. The molecular formula is C25H30N2O5S. The molecule has 0 aliphatic rings. The second-order valence-electron chi connectivity index (χ2n) is 8.57. The minimum Gasteiger partial charge on any atom is -0.497 e. The van der Waals surface area contributed by atoms with E-state index in [0.29, 0.717) is 29.3 Å². The highest BCUT2D eigenvalue weighted by atomic mass is 32.1. The number of hydrogen-bond donors (Lipinski definition) is 2. The lowest BCUT2D eigenvalue weighted by molar-refractivity contribution is 0.0505. The van der Waals surface area contributed by atoms with Gasteiger partial charge in [0.05, 0.1) is 25.9 Å². The smallest absolute Gasteiger partial charge is 0.407 e. The molecule has 2 aromatic carbocycles. The van der Waals surface area contributed by atoms with Crippen molar-refractivity contribution >= 4 is 39.2 Å². The normalized spacial score (nSPS) is 12.2. The van der Waals surface area contributed by atoms with E-state index in [1.54, 1.807) is 7.11 Å². The second-order valence-corrected chi connectivity index (χ2v) is 9.63. The molecule has 1 heterocycles. The van der Waals surface area contributed by atoms with Crippen LogP contribution in [0.4, 0.5) is 10.5 Å². The first kappa shape index (κ1) is 24.4. The molecule has 0 aliphatic carbocycles. The molecule has 1 amide bonds. The van der Waals surface area contributed by atoms with Crippen molar-refractivity contribution in [1.82, 2.24) is 5.32 Å². The van der Waals surface area contributed by atoms with Crippen molar-refractivity contribution in [3.8, 4) is 5.75 Å². The zero-order valence-corrected chi connectivity index (χ0v) is 20.4. The van der Waals surface area contributed by atoms with Gasteiger partial charge in [0.2, 0.25) is 0 Å². The number of anilines is 1. The van der Waals surface area contributed by atoms with Gasteiger partial charge in [-0.05, 0) is 51.0 Å². The highest BCUT2D eigenvalue weighted by Gasteiger charge is 2.23. The maximum atomic E-state index is 12.5. The molecule has 0 spiro atoms. The van der Waals surface area contributed by atoms with Crippen molar-refractivity contribution in [2.75, 3.05) is 26.1 Å². The van der Waals surface area contributed by atoms with Gasteiger partial charge in [-0.25, -0.2) is 9.59 Å². The average molecular weight is 471 g/mol. The number of nitrogens with one attached hydrogen (secondary N) is 2. The third-order valence-corrected chi connectivity index (χ3v) is 5.99. The third kappa shape index (κ3) is 6.61. The zero-order chi connectivity index (χ0) is 24.0. The zero-order valence-electron chi connectivity index (χ0n) is 19.6. The van der Waals surface area contributed by atoms with Gasteiger partial charge in [-0.1, -0.05) is 30.3 Å². The fraction of sp³-hybridized carbons (Fsp3) is 0.360. The molecule has 33 heavy (non-hydrogen) atoms. The SMILES string of the molecule is COC(=O)c1sc2ccc(OC)cc2c1NC[C@H](Cc1ccccc1)NC(=O)OC(C)(C)C. The summed E-state index contributed by atoms with van der Waals surface area (Å²) < 4.78 is 16.7. The molecule has 0 saturated heterocycles. The molecule has 2 N–H and O–H groups in total. The third-order valence-electron chi connectivity index (χ3n) is 4.84.